The van der Waals surface area contributed by atoms with Crippen LogP contribution < -0.4 is 5.73 Å². The number of halogens is 3. The zero-order valence-electron chi connectivity index (χ0n) is 14.1. The summed E-state index contributed by atoms with van der Waals surface area (Å²) in [4.78, 5) is 14.0. The van der Waals surface area contributed by atoms with E-state index in [0.717, 1.165) is 17.7 Å². The van der Waals surface area contributed by atoms with E-state index < -0.39 is 23.7 Å². The quantitative estimate of drug-likeness (QED) is 0.886. The highest BCUT2D eigenvalue weighted by molar-refractivity contribution is 5.79. The molecule has 2 aromatic carbocycles. The van der Waals surface area contributed by atoms with Crippen LogP contribution in [0.15, 0.2) is 54.6 Å². The molecule has 2 atom stereocenters. The Hall–Kier alpha value is -2.34. The number of benzene rings is 2. The Morgan fingerprint density at radius 1 is 1.12 bits per heavy atom. The molecule has 2 aromatic rings. The highest BCUT2D eigenvalue weighted by Crippen LogP contribution is 2.30. The summed E-state index contributed by atoms with van der Waals surface area (Å²) < 4.78 is 38.4. The molecule has 0 aliphatic heterocycles. The van der Waals surface area contributed by atoms with Gasteiger partial charge in [-0.3, -0.25) is 4.79 Å². The summed E-state index contributed by atoms with van der Waals surface area (Å²) in [5, 5.41) is 0. The van der Waals surface area contributed by atoms with Crippen LogP contribution in [0.25, 0.3) is 0 Å². The Balaban J connectivity index is 2.07. The van der Waals surface area contributed by atoms with E-state index in [2.05, 4.69) is 0 Å². The summed E-state index contributed by atoms with van der Waals surface area (Å²) in [7, 11) is 1.57. The molecule has 2 N–H and O–H groups in total. The molecule has 1 amide bonds. The second kappa shape index (κ2) is 7.70. The topological polar surface area (TPSA) is 46.3 Å². The van der Waals surface area contributed by atoms with Gasteiger partial charge in [-0.15, -0.1) is 0 Å². The van der Waals surface area contributed by atoms with Crippen LogP contribution in [0.2, 0.25) is 0 Å². The Morgan fingerprint density at radius 3 is 2.36 bits per heavy atom. The molecule has 2 unspecified atom stereocenters. The lowest BCUT2D eigenvalue weighted by atomic mass is 9.94. The van der Waals surface area contributed by atoms with Crippen molar-refractivity contribution < 1.29 is 18.0 Å². The standard InChI is InChI=1S/C19H21F3N2O/c1-13(17(23)15-8-4-3-5-9-15)18(25)24(2)12-14-7-6-10-16(11-14)19(20,21)22/h3-11,13,17H,12,23H2,1-2H3. The third kappa shape index (κ3) is 4.82. The lowest BCUT2D eigenvalue weighted by molar-refractivity contribution is -0.137. The van der Waals surface area contributed by atoms with Gasteiger partial charge < -0.3 is 10.6 Å². The van der Waals surface area contributed by atoms with Gasteiger partial charge in [0.05, 0.1) is 11.5 Å². The summed E-state index contributed by atoms with van der Waals surface area (Å²) >= 11 is 0. The predicted octanol–water partition coefficient (Wildman–Crippen LogP) is 4.00. The van der Waals surface area contributed by atoms with Crippen LogP contribution in [0, 0.1) is 5.92 Å². The van der Waals surface area contributed by atoms with Gasteiger partial charge in [0.1, 0.15) is 0 Å². The fourth-order valence-electron chi connectivity index (χ4n) is 2.66. The maximum atomic E-state index is 12.8. The maximum absolute atomic E-state index is 12.8. The molecule has 0 fully saturated rings. The number of hydrogen-bond acceptors (Lipinski definition) is 2. The van der Waals surface area contributed by atoms with Crippen LogP contribution in [0.4, 0.5) is 13.2 Å². The first-order valence-electron chi connectivity index (χ1n) is 7.92. The van der Waals surface area contributed by atoms with Crippen molar-refractivity contribution in [1.29, 1.82) is 0 Å². The molecule has 6 heteroatoms. The van der Waals surface area contributed by atoms with Crippen molar-refractivity contribution in [2.75, 3.05) is 7.05 Å². The van der Waals surface area contributed by atoms with Gasteiger partial charge in [0, 0.05) is 19.6 Å². The van der Waals surface area contributed by atoms with Crippen LogP contribution in [-0.4, -0.2) is 17.9 Å². The van der Waals surface area contributed by atoms with Crippen molar-refractivity contribution in [3.05, 3.63) is 71.3 Å². The highest BCUT2D eigenvalue weighted by atomic mass is 19.4. The van der Waals surface area contributed by atoms with Crippen molar-refractivity contribution in [2.45, 2.75) is 25.7 Å². The normalized spacial score (nSPS) is 14.0. The smallest absolute Gasteiger partial charge is 0.341 e. The van der Waals surface area contributed by atoms with Crippen molar-refractivity contribution in [3.63, 3.8) is 0 Å². The van der Waals surface area contributed by atoms with Crippen LogP contribution in [0.3, 0.4) is 0 Å². The minimum absolute atomic E-state index is 0.0919. The number of alkyl halides is 3. The van der Waals surface area contributed by atoms with Crippen molar-refractivity contribution in [2.24, 2.45) is 11.7 Å². The van der Waals surface area contributed by atoms with E-state index in [-0.39, 0.29) is 12.5 Å². The zero-order valence-corrected chi connectivity index (χ0v) is 14.1. The number of carbonyl (C=O) groups excluding carboxylic acids is 1. The molecular formula is C19H21F3N2O. The molecular weight excluding hydrogens is 329 g/mol. The summed E-state index contributed by atoms with van der Waals surface area (Å²) in [6, 6.07) is 13.8. The molecule has 0 saturated carbocycles. The summed E-state index contributed by atoms with van der Waals surface area (Å²) in [5.41, 5.74) is 6.70. The largest absolute Gasteiger partial charge is 0.416 e. The third-order valence-electron chi connectivity index (χ3n) is 4.16. The van der Waals surface area contributed by atoms with Gasteiger partial charge in [-0.25, -0.2) is 0 Å². The molecule has 134 valence electrons. The van der Waals surface area contributed by atoms with E-state index in [1.165, 1.54) is 11.0 Å². The van der Waals surface area contributed by atoms with E-state index in [1.807, 2.05) is 30.3 Å². The first kappa shape index (κ1) is 19.0. The molecule has 0 aliphatic rings. The molecule has 0 bridgehead atoms. The SMILES string of the molecule is CC(C(=O)N(C)Cc1cccc(C(F)(F)F)c1)C(N)c1ccccc1. The molecule has 0 spiro atoms. The van der Waals surface area contributed by atoms with E-state index in [9.17, 15) is 18.0 Å². The number of nitrogens with zero attached hydrogens (tertiary/aromatic N) is 1. The third-order valence-corrected chi connectivity index (χ3v) is 4.16. The van der Waals surface area contributed by atoms with E-state index in [4.69, 9.17) is 5.73 Å². The Labute approximate surface area is 145 Å². The predicted molar refractivity (Wildman–Crippen MR) is 90.5 cm³/mol. The number of carbonyl (C=O) groups is 1. The van der Waals surface area contributed by atoms with Gasteiger partial charge in [0.15, 0.2) is 0 Å². The van der Waals surface area contributed by atoms with Gasteiger partial charge >= 0.3 is 6.18 Å². The van der Waals surface area contributed by atoms with E-state index in [1.54, 1.807) is 20.0 Å². The Kier molecular flexibility index (Phi) is 5.85. The summed E-state index contributed by atoms with van der Waals surface area (Å²) in [6.45, 7) is 1.82. The fourth-order valence-corrected chi connectivity index (χ4v) is 2.66. The average Bonchev–Trinajstić information content (AvgIpc) is 2.60. The Morgan fingerprint density at radius 2 is 1.76 bits per heavy atom. The second-order valence-corrected chi connectivity index (χ2v) is 6.12. The minimum atomic E-state index is -4.40. The van der Waals surface area contributed by atoms with Crippen molar-refractivity contribution >= 4 is 5.91 Å². The average molecular weight is 350 g/mol. The van der Waals surface area contributed by atoms with Crippen LogP contribution in [-0.2, 0) is 17.5 Å². The molecule has 0 aliphatic carbocycles. The molecule has 0 aromatic heterocycles. The van der Waals surface area contributed by atoms with Gasteiger partial charge in [-0.1, -0.05) is 49.4 Å². The lowest BCUT2D eigenvalue weighted by Gasteiger charge is -2.26. The molecule has 0 saturated heterocycles. The van der Waals surface area contributed by atoms with Gasteiger partial charge in [-0.2, -0.15) is 13.2 Å². The first-order chi connectivity index (χ1) is 11.7. The Bertz CT molecular complexity index is 716. The van der Waals surface area contributed by atoms with Gasteiger partial charge in [-0.05, 0) is 23.3 Å². The second-order valence-electron chi connectivity index (χ2n) is 6.12. The zero-order chi connectivity index (χ0) is 18.6. The van der Waals surface area contributed by atoms with Crippen LogP contribution in [0.5, 0.6) is 0 Å². The molecule has 3 nitrogen and oxygen atoms in total. The molecule has 2 rings (SSSR count). The van der Waals surface area contributed by atoms with Crippen LogP contribution >= 0.6 is 0 Å². The van der Waals surface area contributed by atoms with Gasteiger partial charge in [0.2, 0.25) is 5.91 Å². The van der Waals surface area contributed by atoms with E-state index >= 15 is 0 Å². The lowest BCUT2D eigenvalue weighted by Crippen LogP contribution is -2.36. The molecule has 0 heterocycles. The summed E-state index contributed by atoms with van der Waals surface area (Å²) in [5.74, 6) is -0.702. The minimum Gasteiger partial charge on any atom is -0.341 e. The first-order valence-corrected chi connectivity index (χ1v) is 7.92. The molecule has 0 radical (unpaired) electrons. The number of amides is 1. The van der Waals surface area contributed by atoms with Crippen LogP contribution in [0.1, 0.15) is 29.7 Å². The number of nitrogens with two attached hydrogens (primary N) is 1. The monoisotopic (exact) mass is 350 g/mol. The summed E-state index contributed by atoms with van der Waals surface area (Å²) in [6.07, 6.45) is -4.40. The van der Waals surface area contributed by atoms with Crippen molar-refractivity contribution in [1.82, 2.24) is 4.90 Å². The van der Waals surface area contributed by atoms with Gasteiger partial charge in [0.25, 0.3) is 0 Å². The fraction of sp³-hybridized carbons (Fsp3) is 0.316. The van der Waals surface area contributed by atoms with E-state index in [0.29, 0.717) is 5.56 Å². The van der Waals surface area contributed by atoms with Crippen molar-refractivity contribution in [3.8, 4) is 0 Å². The number of hydrogen-bond donors (Lipinski definition) is 1. The highest BCUT2D eigenvalue weighted by Gasteiger charge is 2.31. The maximum Gasteiger partial charge on any atom is 0.416 e. The number of rotatable bonds is 5. The molecule has 25 heavy (non-hydrogen) atoms.